The fraction of sp³-hybridized carbons (Fsp3) is 0.312. The standard InChI is InChI=1S/C16H16N2O2S/c17-8-1-3-12-7-10-21-15(12)16(19)18(13-5-6-13)11-14-4-2-9-20-14/h2,4,7,9-10,13H,5-6,8,11,17H2. The van der Waals surface area contributed by atoms with Crippen molar-refractivity contribution in [2.24, 2.45) is 5.73 Å². The molecule has 2 N–H and O–H groups in total. The summed E-state index contributed by atoms with van der Waals surface area (Å²) in [6.07, 6.45) is 3.75. The summed E-state index contributed by atoms with van der Waals surface area (Å²) in [5, 5.41) is 1.89. The van der Waals surface area contributed by atoms with E-state index in [-0.39, 0.29) is 5.91 Å². The largest absolute Gasteiger partial charge is 0.467 e. The van der Waals surface area contributed by atoms with E-state index in [2.05, 4.69) is 11.8 Å². The molecule has 1 saturated carbocycles. The molecule has 21 heavy (non-hydrogen) atoms. The van der Waals surface area contributed by atoms with Crippen LogP contribution in [0.1, 0.15) is 33.8 Å². The minimum absolute atomic E-state index is 0.0326. The fourth-order valence-electron chi connectivity index (χ4n) is 2.17. The Morgan fingerprint density at radius 2 is 2.33 bits per heavy atom. The molecule has 0 saturated heterocycles. The highest BCUT2D eigenvalue weighted by atomic mass is 32.1. The molecular formula is C16H16N2O2S. The lowest BCUT2D eigenvalue weighted by Gasteiger charge is -2.20. The molecule has 2 aromatic heterocycles. The second-order valence-corrected chi connectivity index (χ2v) is 5.83. The molecule has 0 spiro atoms. The van der Waals surface area contributed by atoms with E-state index in [9.17, 15) is 4.79 Å². The Labute approximate surface area is 127 Å². The number of carbonyl (C=O) groups is 1. The number of rotatable bonds is 4. The molecule has 1 aliphatic rings. The molecule has 0 atom stereocenters. The van der Waals surface area contributed by atoms with Gasteiger partial charge in [-0.1, -0.05) is 11.8 Å². The predicted molar refractivity (Wildman–Crippen MR) is 81.9 cm³/mol. The number of amides is 1. The molecule has 0 radical (unpaired) electrons. The lowest BCUT2D eigenvalue weighted by Crippen LogP contribution is -2.32. The monoisotopic (exact) mass is 300 g/mol. The predicted octanol–water partition coefficient (Wildman–Crippen LogP) is 2.46. The van der Waals surface area contributed by atoms with Gasteiger partial charge in [0.2, 0.25) is 0 Å². The maximum atomic E-state index is 12.8. The molecule has 0 bridgehead atoms. The fourth-order valence-corrected chi connectivity index (χ4v) is 2.98. The van der Waals surface area contributed by atoms with Gasteiger partial charge in [0.15, 0.2) is 0 Å². The lowest BCUT2D eigenvalue weighted by molar-refractivity contribution is 0.0722. The van der Waals surface area contributed by atoms with Crippen molar-refractivity contribution in [2.45, 2.75) is 25.4 Å². The molecule has 5 heteroatoms. The van der Waals surface area contributed by atoms with E-state index < -0.39 is 0 Å². The molecule has 1 amide bonds. The Morgan fingerprint density at radius 3 is 3.00 bits per heavy atom. The van der Waals surface area contributed by atoms with Crippen LogP contribution >= 0.6 is 11.3 Å². The summed E-state index contributed by atoms with van der Waals surface area (Å²) in [5.74, 6) is 6.62. The lowest BCUT2D eigenvalue weighted by atomic mass is 10.2. The summed E-state index contributed by atoms with van der Waals surface area (Å²) in [7, 11) is 0. The number of nitrogens with zero attached hydrogens (tertiary/aromatic N) is 1. The topological polar surface area (TPSA) is 59.5 Å². The number of hydrogen-bond acceptors (Lipinski definition) is 4. The minimum atomic E-state index is 0.0326. The van der Waals surface area contributed by atoms with Crippen molar-refractivity contribution in [1.29, 1.82) is 0 Å². The van der Waals surface area contributed by atoms with Crippen LogP contribution in [0.2, 0.25) is 0 Å². The van der Waals surface area contributed by atoms with Crippen molar-refractivity contribution in [3.05, 3.63) is 46.0 Å². The van der Waals surface area contributed by atoms with Crippen molar-refractivity contribution < 1.29 is 9.21 Å². The van der Waals surface area contributed by atoms with Gasteiger partial charge in [0.1, 0.15) is 10.6 Å². The Kier molecular flexibility index (Phi) is 4.09. The Balaban J connectivity index is 1.83. The van der Waals surface area contributed by atoms with Gasteiger partial charge in [-0.3, -0.25) is 4.79 Å². The zero-order valence-electron chi connectivity index (χ0n) is 11.5. The summed E-state index contributed by atoms with van der Waals surface area (Å²) in [5.41, 5.74) is 6.17. The van der Waals surface area contributed by atoms with Crippen LogP contribution in [0.25, 0.3) is 0 Å². The van der Waals surface area contributed by atoms with Crippen LogP contribution in [0.4, 0.5) is 0 Å². The Morgan fingerprint density at radius 1 is 1.48 bits per heavy atom. The van der Waals surface area contributed by atoms with E-state index in [4.69, 9.17) is 10.2 Å². The van der Waals surface area contributed by atoms with Crippen LogP contribution < -0.4 is 5.73 Å². The highest BCUT2D eigenvalue weighted by molar-refractivity contribution is 7.12. The van der Waals surface area contributed by atoms with Crippen LogP contribution in [0, 0.1) is 11.8 Å². The van der Waals surface area contributed by atoms with Crippen molar-refractivity contribution in [2.75, 3.05) is 6.54 Å². The van der Waals surface area contributed by atoms with E-state index >= 15 is 0 Å². The van der Waals surface area contributed by atoms with Gasteiger partial charge in [-0.15, -0.1) is 11.3 Å². The maximum Gasteiger partial charge on any atom is 0.265 e. The highest BCUT2D eigenvalue weighted by Gasteiger charge is 2.34. The van der Waals surface area contributed by atoms with Crippen LogP contribution in [-0.4, -0.2) is 23.4 Å². The first kappa shape index (κ1) is 13.9. The zero-order chi connectivity index (χ0) is 14.7. The number of nitrogens with two attached hydrogens (primary N) is 1. The SMILES string of the molecule is NCC#Cc1ccsc1C(=O)N(Cc1ccco1)C1CC1. The number of hydrogen-bond donors (Lipinski definition) is 1. The van der Waals surface area contributed by atoms with Crippen molar-refractivity contribution >= 4 is 17.2 Å². The third-order valence-electron chi connectivity index (χ3n) is 3.34. The quantitative estimate of drug-likeness (QED) is 0.882. The Bertz CT molecular complexity index is 675. The van der Waals surface area contributed by atoms with Gasteiger partial charge in [0.25, 0.3) is 5.91 Å². The average Bonchev–Trinajstić information content (AvgIpc) is 3.02. The maximum absolute atomic E-state index is 12.8. The second-order valence-electron chi connectivity index (χ2n) is 4.91. The molecule has 0 aliphatic heterocycles. The molecule has 0 unspecified atom stereocenters. The van der Waals surface area contributed by atoms with E-state index in [1.807, 2.05) is 28.5 Å². The van der Waals surface area contributed by atoms with Crippen LogP contribution in [0.5, 0.6) is 0 Å². The summed E-state index contributed by atoms with van der Waals surface area (Å²) >= 11 is 1.43. The first-order chi connectivity index (χ1) is 10.3. The van der Waals surface area contributed by atoms with Crippen molar-refractivity contribution in [3.8, 4) is 11.8 Å². The van der Waals surface area contributed by atoms with Crippen LogP contribution in [0.3, 0.4) is 0 Å². The van der Waals surface area contributed by atoms with Gasteiger partial charge in [0, 0.05) is 11.6 Å². The van der Waals surface area contributed by atoms with Crippen LogP contribution in [0.15, 0.2) is 34.3 Å². The van der Waals surface area contributed by atoms with Crippen molar-refractivity contribution in [1.82, 2.24) is 4.90 Å². The molecule has 0 aromatic carbocycles. The van der Waals surface area contributed by atoms with E-state index in [1.54, 1.807) is 6.26 Å². The first-order valence-corrected chi connectivity index (χ1v) is 7.77. The third-order valence-corrected chi connectivity index (χ3v) is 4.24. The van der Waals surface area contributed by atoms with Gasteiger partial charge in [-0.2, -0.15) is 0 Å². The van der Waals surface area contributed by atoms with Gasteiger partial charge in [-0.05, 0) is 36.4 Å². The first-order valence-electron chi connectivity index (χ1n) is 6.89. The summed E-state index contributed by atoms with van der Waals surface area (Å²) in [6.45, 7) is 0.806. The summed E-state index contributed by atoms with van der Waals surface area (Å²) < 4.78 is 5.37. The minimum Gasteiger partial charge on any atom is -0.467 e. The van der Waals surface area contributed by atoms with Gasteiger partial charge in [-0.25, -0.2) is 0 Å². The average molecular weight is 300 g/mol. The van der Waals surface area contributed by atoms with Crippen molar-refractivity contribution in [3.63, 3.8) is 0 Å². The normalized spacial score (nSPS) is 13.6. The molecule has 1 fully saturated rings. The second kappa shape index (κ2) is 6.17. The van der Waals surface area contributed by atoms with Gasteiger partial charge in [0.05, 0.1) is 19.4 Å². The third kappa shape index (κ3) is 3.18. The van der Waals surface area contributed by atoms with E-state index in [0.717, 1.165) is 24.2 Å². The highest BCUT2D eigenvalue weighted by Crippen LogP contribution is 2.31. The smallest absolute Gasteiger partial charge is 0.265 e. The molecule has 4 nitrogen and oxygen atoms in total. The van der Waals surface area contributed by atoms with E-state index in [1.165, 1.54) is 11.3 Å². The van der Waals surface area contributed by atoms with Gasteiger partial charge < -0.3 is 15.1 Å². The molecule has 2 heterocycles. The van der Waals surface area contributed by atoms with Gasteiger partial charge >= 0.3 is 0 Å². The summed E-state index contributed by atoms with van der Waals surface area (Å²) in [6, 6.07) is 5.93. The zero-order valence-corrected chi connectivity index (χ0v) is 12.4. The molecule has 2 aromatic rings. The molecule has 3 rings (SSSR count). The van der Waals surface area contributed by atoms with Crippen LogP contribution in [-0.2, 0) is 6.54 Å². The number of carbonyl (C=O) groups excluding carboxylic acids is 1. The van der Waals surface area contributed by atoms with E-state index in [0.29, 0.717) is 24.0 Å². The number of furan rings is 1. The Hall–Kier alpha value is -2.03. The summed E-state index contributed by atoms with van der Waals surface area (Å²) in [4.78, 5) is 15.4. The molecule has 108 valence electrons. The number of thiophene rings is 1. The molecule has 1 aliphatic carbocycles. The molecular weight excluding hydrogens is 284 g/mol.